The minimum Gasteiger partial charge on any atom is -0.495 e. The van der Waals surface area contributed by atoms with Gasteiger partial charge >= 0.3 is 5.97 Å². The molecule has 1 N–H and O–H groups in total. The number of aromatic carboxylic acids is 1. The lowest BCUT2D eigenvalue weighted by molar-refractivity contribution is 0.0696. The minimum absolute atomic E-state index is 0.120. The third kappa shape index (κ3) is 2.49. The van der Waals surface area contributed by atoms with Gasteiger partial charge in [0.1, 0.15) is 5.75 Å². The van der Waals surface area contributed by atoms with Crippen LogP contribution in [0.5, 0.6) is 5.75 Å². The van der Waals surface area contributed by atoms with Crippen molar-refractivity contribution < 1.29 is 14.6 Å². The Hall–Kier alpha value is -2.46. The predicted octanol–water partition coefficient (Wildman–Crippen LogP) is 1.27. The summed E-state index contributed by atoms with van der Waals surface area (Å²) in [6.45, 7) is 0. The molecule has 0 spiro atoms. The second-order valence-corrected chi connectivity index (χ2v) is 2.58. The number of carbonyl (C=O) groups is 1. The van der Waals surface area contributed by atoms with Crippen LogP contribution in [-0.2, 0) is 0 Å². The number of rotatable bonds is 2. The maximum Gasteiger partial charge on any atom is 0.335 e. The summed E-state index contributed by atoms with van der Waals surface area (Å²) in [5.41, 5.74) is 0.610. The fraction of sp³-hybridized carbons (Fsp3) is 0.0909. The third-order valence-electron chi connectivity index (χ3n) is 1.70. The van der Waals surface area contributed by atoms with Gasteiger partial charge in [0.25, 0.3) is 0 Å². The van der Waals surface area contributed by atoms with E-state index in [1.165, 1.54) is 25.3 Å². The molecule has 4 nitrogen and oxygen atoms in total. The van der Waals surface area contributed by atoms with Gasteiger partial charge in [-0.15, -0.1) is 0 Å². The van der Waals surface area contributed by atoms with Crippen molar-refractivity contribution in [2.24, 2.45) is 0 Å². The number of nitrogens with zero attached hydrogens (tertiary/aromatic N) is 1. The lowest BCUT2D eigenvalue weighted by atomic mass is 10.1. The highest BCUT2D eigenvalue weighted by Crippen LogP contribution is 2.19. The summed E-state index contributed by atoms with van der Waals surface area (Å²) in [6, 6.07) is 5.95. The number of hydrogen-bond donors (Lipinski definition) is 1. The molecule has 1 aromatic carbocycles. The predicted molar refractivity (Wildman–Crippen MR) is 52.4 cm³/mol. The Balaban J connectivity index is 3.22. The van der Waals surface area contributed by atoms with E-state index in [1.54, 1.807) is 6.07 Å². The fourth-order valence-electron chi connectivity index (χ4n) is 1.02. The standard InChI is InChI=1S/C11H7NO3/c1-15-10-7-9(11(13)14)5-4-8(10)3-2-6-12/h4-5,7H,1H3,(H,13,14). The van der Waals surface area contributed by atoms with Crippen molar-refractivity contribution in [1.29, 1.82) is 5.26 Å². The topological polar surface area (TPSA) is 70.3 Å². The maximum atomic E-state index is 10.7. The Kier molecular flexibility index (Phi) is 3.32. The van der Waals surface area contributed by atoms with Crippen LogP contribution in [-0.4, -0.2) is 18.2 Å². The van der Waals surface area contributed by atoms with Crippen molar-refractivity contribution in [2.45, 2.75) is 0 Å². The molecule has 0 fully saturated rings. The SMILES string of the molecule is COc1cc(C(=O)O)ccc1C#CC#N. The van der Waals surface area contributed by atoms with Crippen LogP contribution < -0.4 is 4.74 Å². The maximum absolute atomic E-state index is 10.7. The van der Waals surface area contributed by atoms with Crippen LogP contribution in [0.1, 0.15) is 15.9 Å². The highest BCUT2D eigenvalue weighted by molar-refractivity contribution is 5.88. The minimum atomic E-state index is -1.03. The molecule has 0 saturated heterocycles. The first-order chi connectivity index (χ1) is 7.19. The van der Waals surface area contributed by atoms with E-state index in [4.69, 9.17) is 15.1 Å². The average molecular weight is 201 g/mol. The van der Waals surface area contributed by atoms with E-state index >= 15 is 0 Å². The molecule has 0 heterocycles. The van der Waals surface area contributed by atoms with Gasteiger partial charge in [0.2, 0.25) is 0 Å². The zero-order valence-corrected chi connectivity index (χ0v) is 7.94. The summed E-state index contributed by atoms with van der Waals surface area (Å²) in [7, 11) is 1.42. The average Bonchev–Trinajstić information content (AvgIpc) is 2.25. The molecule has 0 aliphatic carbocycles. The van der Waals surface area contributed by atoms with Crippen molar-refractivity contribution in [3.8, 4) is 23.7 Å². The van der Waals surface area contributed by atoms with Crippen LogP contribution in [0.3, 0.4) is 0 Å². The van der Waals surface area contributed by atoms with Crippen LogP contribution in [0.15, 0.2) is 18.2 Å². The first-order valence-corrected chi connectivity index (χ1v) is 4.00. The molecule has 74 valence electrons. The zero-order valence-electron chi connectivity index (χ0n) is 7.94. The van der Waals surface area contributed by atoms with E-state index < -0.39 is 5.97 Å². The molecule has 0 unspecified atom stereocenters. The number of methoxy groups -OCH3 is 1. The number of ether oxygens (including phenoxy) is 1. The molecule has 0 saturated carbocycles. The summed E-state index contributed by atoms with van der Waals surface area (Å²) in [5, 5.41) is 17.0. The van der Waals surface area contributed by atoms with Gasteiger partial charge in [0.05, 0.1) is 18.2 Å². The highest BCUT2D eigenvalue weighted by Gasteiger charge is 2.07. The number of benzene rings is 1. The van der Waals surface area contributed by atoms with Gasteiger partial charge in [0, 0.05) is 5.92 Å². The molecule has 0 aromatic heterocycles. The molecule has 15 heavy (non-hydrogen) atoms. The number of carboxylic acid groups (broad SMARTS) is 1. The van der Waals surface area contributed by atoms with E-state index in [0.29, 0.717) is 11.3 Å². The van der Waals surface area contributed by atoms with Crippen molar-refractivity contribution in [2.75, 3.05) is 7.11 Å². The Labute approximate surface area is 86.7 Å². The van der Waals surface area contributed by atoms with Crippen LogP contribution in [0.4, 0.5) is 0 Å². The van der Waals surface area contributed by atoms with Gasteiger partial charge in [-0.05, 0) is 24.1 Å². The zero-order chi connectivity index (χ0) is 11.3. The summed E-state index contributed by atoms with van der Waals surface area (Å²) < 4.78 is 4.96. The van der Waals surface area contributed by atoms with Gasteiger partial charge in [-0.25, -0.2) is 4.79 Å². The Morgan fingerprint density at radius 2 is 2.27 bits per heavy atom. The molecule has 4 heteroatoms. The summed E-state index contributed by atoms with van der Waals surface area (Å²) in [5.74, 6) is 4.08. The van der Waals surface area contributed by atoms with Crippen LogP contribution >= 0.6 is 0 Å². The molecule has 0 atom stereocenters. The molecule has 1 rings (SSSR count). The molecule has 0 amide bonds. The van der Waals surface area contributed by atoms with Crippen LogP contribution in [0.25, 0.3) is 0 Å². The molecular weight excluding hydrogens is 194 g/mol. The first-order valence-electron chi connectivity index (χ1n) is 4.00. The number of hydrogen-bond acceptors (Lipinski definition) is 3. The van der Waals surface area contributed by atoms with E-state index in [-0.39, 0.29) is 5.56 Å². The molecule has 0 radical (unpaired) electrons. The van der Waals surface area contributed by atoms with Crippen LogP contribution in [0, 0.1) is 23.2 Å². The van der Waals surface area contributed by atoms with Crippen LogP contribution in [0.2, 0.25) is 0 Å². The van der Waals surface area contributed by atoms with Gasteiger partial charge in [0.15, 0.2) is 6.07 Å². The molecule has 0 aliphatic rings. The lowest BCUT2D eigenvalue weighted by Crippen LogP contribution is -1.98. The Morgan fingerprint density at radius 1 is 1.53 bits per heavy atom. The monoisotopic (exact) mass is 201 g/mol. The van der Waals surface area contributed by atoms with Crippen molar-refractivity contribution in [3.05, 3.63) is 29.3 Å². The molecule has 1 aromatic rings. The normalized spacial score (nSPS) is 8.27. The summed E-state index contributed by atoms with van der Waals surface area (Å²) in [6.07, 6.45) is 0. The van der Waals surface area contributed by atoms with Gasteiger partial charge < -0.3 is 9.84 Å². The highest BCUT2D eigenvalue weighted by atomic mass is 16.5. The largest absolute Gasteiger partial charge is 0.495 e. The van der Waals surface area contributed by atoms with Gasteiger partial charge in [-0.1, -0.05) is 0 Å². The molecular formula is C11H7NO3. The van der Waals surface area contributed by atoms with Crippen molar-refractivity contribution in [3.63, 3.8) is 0 Å². The van der Waals surface area contributed by atoms with Crippen molar-refractivity contribution >= 4 is 5.97 Å². The van der Waals surface area contributed by atoms with Gasteiger partial charge in [-0.3, -0.25) is 0 Å². The Bertz CT molecular complexity index is 489. The first kappa shape index (κ1) is 10.6. The van der Waals surface area contributed by atoms with Gasteiger partial charge in [-0.2, -0.15) is 5.26 Å². The quantitative estimate of drug-likeness (QED) is 0.731. The molecule has 0 aliphatic heterocycles. The van der Waals surface area contributed by atoms with E-state index in [1.807, 2.05) is 0 Å². The van der Waals surface area contributed by atoms with E-state index in [9.17, 15) is 4.79 Å². The number of nitriles is 1. The second-order valence-electron chi connectivity index (χ2n) is 2.58. The second kappa shape index (κ2) is 4.69. The van der Waals surface area contributed by atoms with Crippen molar-refractivity contribution in [1.82, 2.24) is 0 Å². The fourth-order valence-corrected chi connectivity index (χ4v) is 1.02. The Morgan fingerprint density at radius 3 is 2.80 bits per heavy atom. The van der Waals surface area contributed by atoms with E-state index in [0.717, 1.165) is 0 Å². The lowest BCUT2D eigenvalue weighted by Gasteiger charge is -2.03. The summed E-state index contributed by atoms with van der Waals surface area (Å²) in [4.78, 5) is 10.7. The third-order valence-corrected chi connectivity index (χ3v) is 1.70. The summed E-state index contributed by atoms with van der Waals surface area (Å²) >= 11 is 0. The molecule has 0 bridgehead atoms. The smallest absolute Gasteiger partial charge is 0.335 e. The number of carboxylic acids is 1. The van der Waals surface area contributed by atoms with E-state index in [2.05, 4.69) is 11.8 Å².